The second-order valence-corrected chi connectivity index (χ2v) is 25.9. The van der Waals surface area contributed by atoms with Crippen LogP contribution in [0.4, 0.5) is 0 Å². The van der Waals surface area contributed by atoms with Crippen LogP contribution in [-0.4, -0.2) is 96.1 Å². The number of carbonyl (C=O) groups is 5. The Morgan fingerprint density at radius 2 is 1.30 bits per heavy atom. The first-order chi connectivity index (χ1) is 34.0. The lowest BCUT2D eigenvalue weighted by Gasteiger charge is -2.41. The number of sulfonamides is 1. The quantitative estimate of drug-likeness (QED) is 0.0320. The maximum absolute atomic E-state index is 14.8. The van der Waals surface area contributed by atoms with E-state index in [2.05, 4.69) is 16.0 Å². The van der Waals surface area contributed by atoms with Gasteiger partial charge in [0.1, 0.15) is 17.2 Å². The largest absolute Gasteiger partial charge is 0.460 e. The topological polar surface area (TPSA) is 230 Å². The fraction of sp³-hybridized carbons (Fsp3) is 0.509. The number of hydrogen-bond acceptors (Lipinski definition) is 11. The third-order valence-corrected chi connectivity index (χ3v) is 16.3. The van der Waals surface area contributed by atoms with Gasteiger partial charge >= 0.3 is 13.6 Å². The molecule has 4 aromatic rings. The molecule has 0 bridgehead atoms. The second-order valence-electron chi connectivity index (χ2n) is 21.9. The van der Waals surface area contributed by atoms with E-state index in [0.717, 1.165) is 21.9 Å². The number of amides is 4. The summed E-state index contributed by atoms with van der Waals surface area (Å²) in [6.45, 7) is 15.8. The molecular formula is C55H76N5O11PS. The van der Waals surface area contributed by atoms with E-state index in [1.807, 2.05) is 72.8 Å². The maximum atomic E-state index is 14.8. The summed E-state index contributed by atoms with van der Waals surface area (Å²) in [4.78, 5) is 69.3. The summed E-state index contributed by atoms with van der Waals surface area (Å²) >= 11 is 0. The number of piperidine rings is 1. The predicted molar refractivity (Wildman–Crippen MR) is 284 cm³/mol. The molecule has 16 nitrogen and oxygen atoms in total. The summed E-state index contributed by atoms with van der Waals surface area (Å²) in [7, 11) is -7.50. The SMILES string of the molecule is CC(C)(C)OC(=O)C[C@@H](Cc1ccc(CP(=O)(OC(C)(C)C)OC(C)(C)C)cc1)C(=O)NC1(C(=O)N[C@@H](CC(N)=O)C(=O)NCCCc2cccc3ccccc23)CCN(S(=O)(=O)CCc2ccccc2)CC1. The van der Waals surface area contributed by atoms with Crippen LogP contribution in [0.5, 0.6) is 0 Å². The van der Waals surface area contributed by atoms with Crippen molar-refractivity contribution in [2.75, 3.05) is 25.4 Å². The Kier molecular flexibility index (Phi) is 19.8. The van der Waals surface area contributed by atoms with E-state index in [9.17, 15) is 37.0 Å². The van der Waals surface area contributed by atoms with Crippen molar-refractivity contribution in [3.05, 3.63) is 119 Å². The van der Waals surface area contributed by atoms with Crippen molar-refractivity contribution in [1.29, 1.82) is 0 Å². The van der Waals surface area contributed by atoms with E-state index in [1.165, 1.54) is 4.31 Å². The summed E-state index contributed by atoms with van der Waals surface area (Å²) in [6, 6.07) is 28.8. The number of esters is 1. The first-order valence-corrected chi connectivity index (χ1v) is 28.3. The molecule has 398 valence electrons. The molecule has 73 heavy (non-hydrogen) atoms. The van der Waals surface area contributed by atoms with Crippen LogP contribution < -0.4 is 21.7 Å². The van der Waals surface area contributed by atoms with Crippen LogP contribution in [0.15, 0.2) is 97.1 Å². The van der Waals surface area contributed by atoms with Gasteiger partial charge in [0.2, 0.25) is 33.7 Å². The molecule has 5 rings (SSSR count). The van der Waals surface area contributed by atoms with Crippen molar-refractivity contribution in [1.82, 2.24) is 20.3 Å². The van der Waals surface area contributed by atoms with Crippen molar-refractivity contribution in [2.24, 2.45) is 11.7 Å². The number of primary amides is 1. The molecule has 2 atom stereocenters. The van der Waals surface area contributed by atoms with E-state index >= 15 is 0 Å². The van der Waals surface area contributed by atoms with Gasteiger partial charge in [-0.15, -0.1) is 0 Å². The highest BCUT2D eigenvalue weighted by Gasteiger charge is 2.47. The molecule has 18 heteroatoms. The Bertz CT molecular complexity index is 2680. The van der Waals surface area contributed by atoms with E-state index < -0.39 is 87.9 Å². The van der Waals surface area contributed by atoms with Gasteiger partial charge in [0, 0.05) is 19.6 Å². The maximum Gasteiger partial charge on any atom is 0.336 e. The third kappa shape index (κ3) is 18.8. The lowest BCUT2D eigenvalue weighted by Crippen LogP contribution is -2.66. The third-order valence-electron chi connectivity index (χ3n) is 12.0. The molecule has 1 heterocycles. The monoisotopic (exact) mass is 1050 g/mol. The summed E-state index contributed by atoms with van der Waals surface area (Å²) < 4.78 is 60.5. The van der Waals surface area contributed by atoms with E-state index in [4.69, 9.17) is 19.5 Å². The Labute approximate surface area is 431 Å². The van der Waals surface area contributed by atoms with Crippen LogP contribution in [0.2, 0.25) is 0 Å². The number of nitrogens with zero attached hydrogens (tertiary/aromatic N) is 1. The highest BCUT2D eigenvalue weighted by molar-refractivity contribution is 7.89. The van der Waals surface area contributed by atoms with Crippen molar-refractivity contribution >= 4 is 58.0 Å². The van der Waals surface area contributed by atoms with E-state index in [1.54, 1.807) is 86.6 Å². The van der Waals surface area contributed by atoms with Gasteiger partial charge in [-0.1, -0.05) is 97.1 Å². The fourth-order valence-corrected chi connectivity index (χ4v) is 12.8. The standard InChI is InChI=1S/C55H76N5O11PS/c1-52(2,3)69-48(62)36-44(35-40-24-26-41(27-25-40)38-72(66,70-53(4,5)6)71-54(7,8)9)49(63)59-55(29-32-60(33-30-55)73(67,68)34-28-39-17-11-10-12-18-39)51(65)58-46(37-47(56)61)50(64)57-31-16-22-43-21-15-20-42-19-13-14-23-45(42)43/h10-15,17-21,23-27,44,46H,16,22,28-38H2,1-9H3,(H2,56,61)(H,57,64)(H,58,65)(H,59,63)/t44-,46+/m1/s1. The van der Waals surface area contributed by atoms with Crippen LogP contribution in [-0.2, 0) is 77.8 Å². The molecule has 5 N–H and O–H groups in total. The first kappa shape index (κ1) is 58.4. The average Bonchev–Trinajstić information content (AvgIpc) is 3.28. The Balaban J connectivity index is 1.40. The molecule has 1 fully saturated rings. The van der Waals surface area contributed by atoms with E-state index in [-0.39, 0.29) is 63.7 Å². The zero-order valence-electron chi connectivity index (χ0n) is 44.0. The number of aryl methyl sites for hydroxylation is 2. The second kappa shape index (κ2) is 24.7. The molecule has 4 aromatic carbocycles. The van der Waals surface area contributed by atoms with Gasteiger partial charge in [-0.3, -0.25) is 28.5 Å². The van der Waals surface area contributed by atoms with Crippen LogP contribution in [0, 0.1) is 5.92 Å². The smallest absolute Gasteiger partial charge is 0.336 e. The Morgan fingerprint density at radius 1 is 0.712 bits per heavy atom. The molecule has 1 aliphatic heterocycles. The van der Waals surface area contributed by atoms with Gasteiger partial charge in [-0.2, -0.15) is 0 Å². The lowest BCUT2D eigenvalue weighted by atomic mass is 9.85. The summed E-state index contributed by atoms with van der Waals surface area (Å²) in [6.07, 6.45) is 0.0807. The van der Waals surface area contributed by atoms with E-state index in [0.29, 0.717) is 24.0 Å². The Morgan fingerprint density at radius 3 is 1.90 bits per heavy atom. The van der Waals surface area contributed by atoms with Crippen molar-refractivity contribution in [2.45, 2.75) is 148 Å². The zero-order chi connectivity index (χ0) is 53.8. The van der Waals surface area contributed by atoms with Crippen LogP contribution in [0.25, 0.3) is 10.8 Å². The predicted octanol–water partition coefficient (Wildman–Crippen LogP) is 7.69. The number of carbonyl (C=O) groups excluding carboxylic acids is 5. The normalized spacial score (nSPS) is 15.5. The number of fused-ring (bicyclic) bond motifs is 1. The summed E-state index contributed by atoms with van der Waals surface area (Å²) in [5.74, 6) is -5.00. The van der Waals surface area contributed by atoms with Crippen LogP contribution >= 0.6 is 7.60 Å². The van der Waals surface area contributed by atoms with Gasteiger partial charge in [-0.05, 0) is 134 Å². The highest BCUT2D eigenvalue weighted by atomic mass is 32.2. The van der Waals surface area contributed by atoms with Gasteiger partial charge in [0.25, 0.3) is 0 Å². The van der Waals surface area contributed by atoms with Crippen molar-refractivity contribution in [3.8, 4) is 0 Å². The molecule has 4 amide bonds. The Hall–Kier alpha value is -5.45. The van der Waals surface area contributed by atoms with Crippen molar-refractivity contribution < 1.29 is 50.7 Å². The minimum absolute atomic E-state index is 0.00314. The van der Waals surface area contributed by atoms with Crippen LogP contribution in [0.3, 0.4) is 0 Å². The minimum atomic E-state index is -3.84. The fourth-order valence-electron chi connectivity index (χ4n) is 8.79. The highest BCUT2D eigenvalue weighted by Crippen LogP contribution is 2.57. The van der Waals surface area contributed by atoms with Gasteiger partial charge in [0.05, 0.1) is 41.9 Å². The first-order valence-electron chi connectivity index (χ1n) is 25.0. The van der Waals surface area contributed by atoms with Gasteiger partial charge < -0.3 is 35.5 Å². The number of nitrogens with one attached hydrogen (secondary N) is 3. The summed E-state index contributed by atoms with van der Waals surface area (Å²) in [5, 5.41) is 10.6. The van der Waals surface area contributed by atoms with Gasteiger partial charge in [0.15, 0.2) is 0 Å². The number of rotatable bonds is 23. The number of nitrogens with two attached hydrogens (primary N) is 1. The number of benzene rings is 4. The van der Waals surface area contributed by atoms with Crippen LogP contribution in [0.1, 0.15) is 117 Å². The summed E-state index contributed by atoms with van der Waals surface area (Å²) in [5.41, 5.74) is 4.63. The molecule has 0 aliphatic carbocycles. The molecule has 0 aromatic heterocycles. The average molecular weight is 1050 g/mol. The molecule has 1 saturated heterocycles. The molecular weight excluding hydrogens is 970 g/mol. The number of ether oxygens (including phenoxy) is 1. The molecule has 0 radical (unpaired) electrons. The lowest BCUT2D eigenvalue weighted by molar-refractivity contribution is -0.157. The van der Waals surface area contributed by atoms with Gasteiger partial charge in [-0.25, -0.2) is 12.7 Å². The molecule has 0 saturated carbocycles. The molecule has 1 aliphatic rings. The molecule has 0 unspecified atom stereocenters. The number of hydrogen-bond donors (Lipinski definition) is 4. The molecule has 0 spiro atoms. The van der Waals surface area contributed by atoms with Crippen molar-refractivity contribution in [3.63, 3.8) is 0 Å². The zero-order valence-corrected chi connectivity index (χ0v) is 45.7. The minimum Gasteiger partial charge on any atom is -0.460 e.